The normalized spacial score (nSPS) is 14.7. The average molecular weight is 412 g/mol. The van der Waals surface area contributed by atoms with E-state index in [-0.39, 0.29) is 31.3 Å². The number of likely N-dealkylation sites (N-methyl/N-ethyl adjacent to an activating group) is 1. The summed E-state index contributed by atoms with van der Waals surface area (Å²) in [6.45, 7) is 0.249. The predicted molar refractivity (Wildman–Crippen MR) is 112 cm³/mol. The third-order valence-corrected chi connectivity index (χ3v) is 4.59. The van der Waals surface area contributed by atoms with Crippen molar-refractivity contribution in [3.8, 4) is 11.5 Å². The number of methoxy groups -OCH3 is 1. The lowest BCUT2D eigenvalue weighted by molar-refractivity contribution is -0.127. The quantitative estimate of drug-likeness (QED) is 0.670. The van der Waals surface area contributed by atoms with Gasteiger partial charge in [-0.3, -0.25) is 9.59 Å². The Morgan fingerprint density at radius 2 is 1.87 bits per heavy atom. The standard InChI is InChI=1S/C21H24N4O5/c1-22-20(27)18-13-25(16-5-3-4-6-17(16)30-18)19(26)11-12-23-21(28)24-14-7-9-15(29-2)10-8-14/h3-10,18H,11-13H2,1-2H3,(H,22,27)(H2,23,24,28). The summed E-state index contributed by atoms with van der Waals surface area (Å²) < 4.78 is 10.8. The Labute approximate surface area is 174 Å². The van der Waals surface area contributed by atoms with Gasteiger partial charge < -0.3 is 30.3 Å². The molecule has 3 N–H and O–H groups in total. The molecule has 0 bridgehead atoms. The van der Waals surface area contributed by atoms with Crippen LogP contribution in [0.4, 0.5) is 16.2 Å². The number of hydrogen-bond acceptors (Lipinski definition) is 5. The van der Waals surface area contributed by atoms with Crippen LogP contribution in [0, 0.1) is 0 Å². The molecule has 1 aliphatic rings. The molecule has 2 aromatic rings. The zero-order chi connectivity index (χ0) is 21.5. The number of fused-ring (bicyclic) bond motifs is 1. The van der Waals surface area contributed by atoms with Crippen LogP contribution in [0.3, 0.4) is 0 Å². The maximum absolute atomic E-state index is 12.8. The van der Waals surface area contributed by atoms with Crippen LogP contribution in [0.15, 0.2) is 48.5 Å². The number of nitrogens with one attached hydrogen (secondary N) is 3. The minimum atomic E-state index is -0.792. The van der Waals surface area contributed by atoms with E-state index in [2.05, 4.69) is 16.0 Å². The van der Waals surface area contributed by atoms with Crippen molar-refractivity contribution in [3.63, 3.8) is 0 Å². The summed E-state index contributed by atoms with van der Waals surface area (Å²) in [5, 5.41) is 7.89. The zero-order valence-corrected chi connectivity index (χ0v) is 16.8. The molecule has 1 atom stereocenters. The third kappa shape index (κ3) is 4.99. The van der Waals surface area contributed by atoms with Crippen molar-refractivity contribution >= 4 is 29.2 Å². The molecule has 0 fully saturated rings. The Morgan fingerprint density at radius 1 is 1.13 bits per heavy atom. The summed E-state index contributed by atoms with van der Waals surface area (Å²) >= 11 is 0. The molecule has 9 heteroatoms. The van der Waals surface area contributed by atoms with Crippen molar-refractivity contribution in [2.75, 3.05) is 37.5 Å². The van der Waals surface area contributed by atoms with E-state index in [0.29, 0.717) is 22.9 Å². The molecule has 0 spiro atoms. The summed E-state index contributed by atoms with van der Waals surface area (Å²) in [7, 11) is 3.08. The monoisotopic (exact) mass is 412 g/mol. The lowest BCUT2D eigenvalue weighted by Crippen LogP contribution is -2.50. The average Bonchev–Trinajstić information content (AvgIpc) is 2.78. The Bertz CT molecular complexity index is 916. The van der Waals surface area contributed by atoms with Crippen molar-refractivity contribution in [2.45, 2.75) is 12.5 Å². The summed E-state index contributed by atoms with van der Waals surface area (Å²) in [6.07, 6.45) is -0.717. The number of anilines is 2. The summed E-state index contributed by atoms with van der Waals surface area (Å²) in [6, 6.07) is 13.5. The number of benzene rings is 2. The molecule has 0 aliphatic carbocycles. The number of urea groups is 1. The predicted octanol–water partition coefficient (Wildman–Crippen LogP) is 1.75. The first-order chi connectivity index (χ1) is 14.5. The van der Waals surface area contributed by atoms with Gasteiger partial charge in [-0.15, -0.1) is 0 Å². The van der Waals surface area contributed by atoms with E-state index in [0.717, 1.165) is 0 Å². The maximum atomic E-state index is 12.8. The fraction of sp³-hybridized carbons (Fsp3) is 0.286. The molecule has 4 amide bonds. The third-order valence-electron chi connectivity index (χ3n) is 4.59. The van der Waals surface area contributed by atoms with Crippen molar-refractivity contribution in [1.82, 2.24) is 10.6 Å². The van der Waals surface area contributed by atoms with Crippen molar-refractivity contribution in [3.05, 3.63) is 48.5 Å². The molecule has 2 aromatic carbocycles. The SMILES string of the molecule is CNC(=O)C1CN(C(=O)CCNC(=O)Nc2ccc(OC)cc2)c2ccccc2O1. The van der Waals surface area contributed by atoms with Gasteiger partial charge in [0, 0.05) is 25.7 Å². The van der Waals surface area contributed by atoms with Gasteiger partial charge in [0.1, 0.15) is 11.5 Å². The molecule has 0 aromatic heterocycles. The molecule has 0 radical (unpaired) electrons. The molecule has 3 rings (SSSR count). The largest absolute Gasteiger partial charge is 0.497 e. The molecular formula is C21H24N4O5. The van der Waals surface area contributed by atoms with Gasteiger partial charge >= 0.3 is 6.03 Å². The first kappa shape index (κ1) is 21.0. The van der Waals surface area contributed by atoms with Gasteiger partial charge in [-0.25, -0.2) is 4.79 Å². The van der Waals surface area contributed by atoms with Crippen LogP contribution >= 0.6 is 0 Å². The van der Waals surface area contributed by atoms with E-state index in [1.54, 1.807) is 55.6 Å². The van der Waals surface area contributed by atoms with E-state index in [1.165, 1.54) is 11.9 Å². The summed E-state index contributed by atoms with van der Waals surface area (Å²) in [5.74, 6) is 0.631. The van der Waals surface area contributed by atoms with E-state index >= 15 is 0 Å². The van der Waals surface area contributed by atoms with Gasteiger partial charge in [0.15, 0.2) is 6.10 Å². The molecule has 30 heavy (non-hydrogen) atoms. The lowest BCUT2D eigenvalue weighted by atomic mass is 10.1. The highest BCUT2D eigenvalue weighted by Gasteiger charge is 2.33. The lowest BCUT2D eigenvalue weighted by Gasteiger charge is -2.34. The summed E-state index contributed by atoms with van der Waals surface area (Å²) in [4.78, 5) is 38.4. The maximum Gasteiger partial charge on any atom is 0.319 e. The smallest absolute Gasteiger partial charge is 0.319 e. The van der Waals surface area contributed by atoms with Crippen LogP contribution in [0.5, 0.6) is 11.5 Å². The molecule has 1 unspecified atom stereocenters. The number of carbonyl (C=O) groups excluding carboxylic acids is 3. The van der Waals surface area contributed by atoms with Crippen molar-refractivity contribution in [2.24, 2.45) is 0 Å². The number of nitrogens with zero attached hydrogens (tertiary/aromatic N) is 1. The highest BCUT2D eigenvalue weighted by Crippen LogP contribution is 2.33. The molecular weight excluding hydrogens is 388 g/mol. The Hall–Kier alpha value is -3.75. The van der Waals surface area contributed by atoms with Gasteiger partial charge in [0.05, 0.1) is 19.3 Å². The number of hydrogen-bond donors (Lipinski definition) is 3. The van der Waals surface area contributed by atoms with Gasteiger partial charge in [-0.2, -0.15) is 0 Å². The molecule has 1 heterocycles. The number of para-hydroxylation sites is 2. The zero-order valence-electron chi connectivity index (χ0n) is 16.8. The second-order valence-electron chi connectivity index (χ2n) is 6.55. The molecule has 1 aliphatic heterocycles. The second-order valence-corrected chi connectivity index (χ2v) is 6.55. The number of carbonyl (C=O) groups is 3. The Morgan fingerprint density at radius 3 is 2.57 bits per heavy atom. The van der Waals surface area contributed by atoms with Gasteiger partial charge in [0.2, 0.25) is 5.91 Å². The van der Waals surface area contributed by atoms with E-state index in [9.17, 15) is 14.4 Å². The van der Waals surface area contributed by atoms with Crippen molar-refractivity contribution in [1.29, 1.82) is 0 Å². The highest BCUT2D eigenvalue weighted by molar-refractivity contribution is 5.97. The number of amides is 4. The Balaban J connectivity index is 1.55. The van der Waals surface area contributed by atoms with Gasteiger partial charge in [-0.1, -0.05) is 12.1 Å². The fourth-order valence-corrected chi connectivity index (χ4v) is 3.04. The first-order valence-electron chi connectivity index (χ1n) is 9.48. The topological polar surface area (TPSA) is 109 Å². The van der Waals surface area contributed by atoms with Crippen LogP contribution in [0.25, 0.3) is 0 Å². The van der Waals surface area contributed by atoms with E-state index < -0.39 is 12.1 Å². The molecule has 0 saturated heterocycles. The van der Waals surface area contributed by atoms with Crippen LogP contribution in [0.1, 0.15) is 6.42 Å². The minimum absolute atomic E-state index is 0.0742. The number of rotatable bonds is 6. The molecule has 9 nitrogen and oxygen atoms in total. The van der Waals surface area contributed by atoms with Crippen LogP contribution < -0.4 is 30.3 Å². The van der Waals surface area contributed by atoms with E-state index in [4.69, 9.17) is 9.47 Å². The van der Waals surface area contributed by atoms with Gasteiger partial charge in [0.25, 0.3) is 5.91 Å². The van der Waals surface area contributed by atoms with Crippen LogP contribution in [-0.2, 0) is 9.59 Å². The first-order valence-corrected chi connectivity index (χ1v) is 9.48. The van der Waals surface area contributed by atoms with Gasteiger partial charge in [-0.05, 0) is 36.4 Å². The highest BCUT2D eigenvalue weighted by atomic mass is 16.5. The number of ether oxygens (including phenoxy) is 2. The van der Waals surface area contributed by atoms with Crippen molar-refractivity contribution < 1.29 is 23.9 Å². The second kappa shape index (κ2) is 9.64. The van der Waals surface area contributed by atoms with Crippen LogP contribution in [-0.4, -0.2) is 51.2 Å². The van der Waals surface area contributed by atoms with E-state index in [1.807, 2.05) is 0 Å². The molecule has 158 valence electrons. The summed E-state index contributed by atoms with van der Waals surface area (Å²) in [5.41, 5.74) is 1.21. The fourth-order valence-electron chi connectivity index (χ4n) is 3.04. The minimum Gasteiger partial charge on any atom is -0.497 e. The van der Waals surface area contributed by atoms with Crippen LogP contribution in [0.2, 0.25) is 0 Å². The Kier molecular flexibility index (Phi) is 6.74. The molecule has 0 saturated carbocycles.